The van der Waals surface area contributed by atoms with Crippen LogP contribution in [0.15, 0.2) is 24.3 Å². The van der Waals surface area contributed by atoms with Crippen molar-refractivity contribution in [2.24, 2.45) is 0 Å². The van der Waals surface area contributed by atoms with Crippen LogP contribution < -0.4 is 4.90 Å². The number of nitriles is 1. The van der Waals surface area contributed by atoms with Gasteiger partial charge in [-0.15, -0.1) is 0 Å². The van der Waals surface area contributed by atoms with Crippen LogP contribution in [0, 0.1) is 11.3 Å². The fraction of sp³-hybridized carbons (Fsp3) is 0.500. The Bertz CT molecular complexity index is 420. The van der Waals surface area contributed by atoms with Gasteiger partial charge in [-0.05, 0) is 37.1 Å². The SMILES string of the molecule is N#Cc1ccc(N2CCN(C3CC3)CC2)cc1. The molecule has 0 atom stereocenters. The van der Waals surface area contributed by atoms with Crippen LogP contribution in [0.25, 0.3) is 0 Å². The Morgan fingerprint density at radius 2 is 1.65 bits per heavy atom. The van der Waals surface area contributed by atoms with Crippen LogP contribution in [0.2, 0.25) is 0 Å². The van der Waals surface area contributed by atoms with Crippen LogP contribution in [-0.2, 0) is 0 Å². The highest BCUT2D eigenvalue weighted by molar-refractivity contribution is 5.50. The van der Waals surface area contributed by atoms with Gasteiger partial charge in [-0.25, -0.2) is 0 Å². The molecule has 1 saturated carbocycles. The summed E-state index contributed by atoms with van der Waals surface area (Å²) in [7, 11) is 0. The van der Waals surface area contributed by atoms with Crippen molar-refractivity contribution in [3.63, 3.8) is 0 Å². The molecule has 1 aliphatic heterocycles. The summed E-state index contributed by atoms with van der Waals surface area (Å²) in [5.74, 6) is 0. The van der Waals surface area contributed by atoms with Crippen molar-refractivity contribution in [1.82, 2.24) is 4.90 Å². The molecule has 0 amide bonds. The Morgan fingerprint density at radius 3 is 2.18 bits per heavy atom. The number of benzene rings is 1. The van der Waals surface area contributed by atoms with Crippen molar-refractivity contribution in [2.45, 2.75) is 18.9 Å². The summed E-state index contributed by atoms with van der Waals surface area (Å²) in [6.07, 6.45) is 2.80. The zero-order chi connectivity index (χ0) is 11.7. The number of hydrogen-bond donors (Lipinski definition) is 0. The molecule has 0 aromatic heterocycles. The van der Waals surface area contributed by atoms with Crippen LogP contribution in [0.4, 0.5) is 5.69 Å². The lowest BCUT2D eigenvalue weighted by molar-refractivity contribution is 0.248. The highest BCUT2D eigenvalue weighted by Crippen LogP contribution is 2.28. The summed E-state index contributed by atoms with van der Waals surface area (Å²) in [6, 6.07) is 11.0. The van der Waals surface area contributed by atoms with Gasteiger partial charge in [-0.3, -0.25) is 4.90 Å². The number of hydrogen-bond acceptors (Lipinski definition) is 3. The van der Waals surface area contributed by atoms with Crippen LogP contribution in [0.5, 0.6) is 0 Å². The summed E-state index contributed by atoms with van der Waals surface area (Å²) in [6.45, 7) is 4.60. The van der Waals surface area contributed by atoms with Gasteiger partial charge in [-0.2, -0.15) is 5.26 Å². The molecule has 1 aromatic rings. The molecule has 1 saturated heterocycles. The highest BCUT2D eigenvalue weighted by Gasteiger charge is 2.31. The Balaban J connectivity index is 1.63. The maximum absolute atomic E-state index is 8.77. The molecule has 0 unspecified atom stereocenters. The minimum Gasteiger partial charge on any atom is -0.369 e. The van der Waals surface area contributed by atoms with Gasteiger partial charge < -0.3 is 4.90 Å². The third-order valence-electron chi connectivity index (χ3n) is 3.74. The summed E-state index contributed by atoms with van der Waals surface area (Å²) in [5.41, 5.74) is 1.99. The van der Waals surface area contributed by atoms with Gasteiger partial charge in [-0.1, -0.05) is 0 Å². The Kier molecular flexibility index (Phi) is 2.74. The lowest BCUT2D eigenvalue weighted by atomic mass is 10.2. The molecule has 0 N–H and O–H groups in total. The zero-order valence-corrected chi connectivity index (χ0v) is 9.97. The molecule has 1 heterocycles. The van der Waals surface area contributed by atoms with Gasteiger partial charge in [0.15, 0.2) is 0 Å². The van der Waals surface area contributed by atoms with E-state index < -0.39 is 0 Å². The fourth-order valence-electron chi connectivity index (χ4n) is 2.53. The third-order valence-corrected chi connectivity index (χ3v) is 3.74. The Labute approximate surface area is 102 Å². The van der Waals surface area contributed by atoms with Gasteiger partial charge in [0.2, 0.25) is 0 Å². The summed E-state index contributed by atoms with van der Waals surface area (Å²) < 4.78 is 0. The van der Waals surface area contributed by atoms with Crippen molar-refractivity contribution in [3.05, 3.63) is 29.8 Å². The maximum Gasteiger partial charge on any atom is 0.0991 e. The van der Waals surface area contributed by atoms with E-state index in [0.717, 1.165) is 24.7 Å². The number of nitrogens with zero attached hydrogens (tertiary/aromatic N) is 3. The fourth-order valence-corrected chi connectivity index (χ4v) is 2.53. The second-order valence-corrected chi connectivity index (χ2v) is 4.91. The first-order valence-electron chi connectivity index (χ1n) is 6.36. The van der Waals surface area contributed by atoms with E-state index in [9.17, 15) is 0 Å². The molecule has 0 radical (unpaired) electrons. The normalized spacial score (nSPS) is 21.2. The first-order chi connectivity index (χ1) is 8.36. The van der Waals surface area contributed by atoms with E-state index in [0.29, 0.717) is 0 Å². The summed E-state index contributed by atoms with van der Waals surface area (Å²) in [5, 5.41) is 8.77. The monoisotopic (exact) mass is 227 g/mol. The molecule has 2 aliphatic rings. The van der Waals surface area contributed by atoms with Gasteiger partial charge in [0.1, 0.15) is 0 Å². The summed E-state index contributed by atoms with van der Waals surface area (Å²) >= 11 is 0. The Hall–Kier alpha value is -1.53. The van der Waals surface area contributed by atoms with E-state index in [1.54, 1.807) is 0 Å². The molecule has 3 heteroatoms. The molecule has 88 valence electrons. The predicted octanol–water partition coefficient (Wildman–Crippen LogP) is 1.84. The molecule has 3 rings (SSSR count). The van der Waals surface area contributed by atoms with Crippen molar-refractivity contribution in [2.75, 3.05) is 31.1 Å². The number of anilines is 1. The van der Waals surface area contributed by atoms with Gasteiger partial charge in [0.05, 0.1) is 11.6 Å². The van der Waals surface area contributed by atoms with Gasteiger partial charge in [0.25, 0.3) is 0 Å². The predicted molar refractivity (Wildman–Crippen MR) is 68.0 cm³/mol. The molecule has 0 bridgehead atoms. The summed E-state index contributed by atoms with van der Waals surface area (Å²) in [4.78, 5) is 5.03. The van der Waals surface area contributed by atoms with Gasteiger partial charge in [0, 0.05) is 37.9 Å². The molecular formula is C14H17N3. The van der Waals surface area contributed by atoms with E-state index in [1.165, 1.54) is 31.6 Å². The topological polar surface area (TPSA) is 30.3 Å². The standard InChI is InChI=1S/C14H17N3/c15-11-12-1-3-13(4-2-12)16-7-9-17(10-8-16)14-5-6-14/h1-4,14H,5-10H2. The Morgan fingerprint density at radius 1 is 1.00 bits per heavy atom. The number of rotatable bonds is 2. The van der Waals surface area contributed by atoms with Crippen LogP contribution in [-0.4, -0.2) is 37.1 Å². The van der Waals surface area contributed by atoms with E-state index in [-0.39, 0.29) is 0 Å². The average Bonchev–Trinajstić information content (AvgIpc) is 3.24. The lowest BCUT2D eigenvalue weighted by Gasteiger charge is -2.36. The average molecular weight is 227 g/mol. The minimum absolute atomic E-state index is 0.741. The molecule has 0 spiro atoms. The molecule has 1 aromatic carbocycles. The van der Waals surface area contributed by atoms with E-state index in [1.807, 2.05) is 12.1 Å². The zero-order valence-electron chi connectivity index (χ0n) is 9.97. The lowest BCUT2D eigenvalue weighted by Crippen LogP contribution is -2.47. The third kappa shape index (κ3) is 2.27. The van der Waals surface area contributed by atoms with Crippen LogP contribution in [0.3, 0.4) is 0 Å². The van der Waals surface area contributed by atoms with Crippen molar-refractivity contribution in [1.29, 1.82) is 5.26 Å². The molecule has 1 aliphatic carbocycles. The van der Waals surface area contributed by atoms with Crippen LogP contribution >= 0.6 is 0 Å². The molecular weight excluding hydrogens is 210 g/mol. The second-order valence-electron chi connectivity index (χ2n) is 4.91. The van der Waals surface area contributed by atoms with Gasteiger partial charge >= 0.3 is 0 Å². The molecule has 17 heavy (non-hydrogen) atoms. The van der Waals surface area contributed by atoms with Crippen molar-refractivity contribution < 1.29 is 0 Å². The van der Waals surface area contributed by atoms with E-state index in [2.05, 4.69) is 28.0 Å². The smallest absolute Gasteiger partial charge is 0.0991 e. The first kappa shape index (κ1) is 10.6. The largest absolute Gasteiger partial charge is 0.369 e. The molecule has 3 nitrogen and oxygen atoms in total. The van der Waals surface area contributed by atoms with Crippen molar-refractivity contribution in [3.8, 4) is 6.07 Å². The van der Waals surface area contributed by atoms with Crippen LogP contribution in [0.1, 0.15) is 18.4 Å². The van der Waals surface area contributed by atoms with E-state index in [4.69, 9.17) is 5.26 Å². The first-order valence-corrected chi connectivity index (χ1v) is 6.36. The highest BCUT2D eigenvalue weighted by atomic mass is 15.3. The minimum atomic E-state index is 0.741. The second kappa shape index (κ2) is 4.38. The van der Waals surface area contributed by atoms with E-state index >= 15 is 0 Å². The number of piperazine rings is 1. The molecule has 2 fully saturated rings. The van der Waals surface area contributed by atoms with Crippen molar-refractivity contribution >= 4 is 5.69 Å². The maximum atomic E-state index is 8.77. The quantitative estimate of drug-likeness (QED) is 0.772.